The maximum absolute atomic E-state index is 13.1. The average Bonchev–Trinajstić information content (AvgIpc) is 3.53. The van der Waals surface area contributed by atoms with Crippen molar-refractivity contribution >= 4 is 10.0 Å². The molecule has 3 heterocycles. The Morgan fingerprint density at radius 2 is 1.93 bits per heavy atom. The van der Waals surface area contributed by atoms with Crippen LogP contribution in [0, 0.1) is 5.92 Å². The van der Waals surface area contributed by atoms with Gasteiger partial charge in [-0.25, -0.2) is 8.42 Å². The molecule has 0 radical (unpaired) electrons. The first-order valence-corrected chi connectivity index (χ1v) is 12.6. The topological polar surface area (TPSA) is 85.5 Å². The number of aromatic nitrogens is 2. The maximum atomic E-state index is 13.1. The standard InChI is InChI=1S/C22H29N3O4S/c26-30(27,20-6-5-17-2-1-3-19(17)14-20)25-11-8-16(15-25)4-7-21-23-22(29-24-21)18-9-12-28-13-10-18/h5-6,14,16,18H,1-4,7-13,15H2. The minimum atomic E-state index is -3.41. The number of sulfonamides is 1. The molecule has 0 bridgehead atoms. The van der Waals surface area contributed by atoms with Crippen LogP contribution in [0.3, 0.4) is 0 Å². The van der Waals surface area contributed by atoms with Crippen molar-refractivity contribution in [3.63, 3.8) is 0 Å². The Bertz CT molecular complexity index is 998. The van der Waals surface area contributed by atoms with Crippen LogP contribution in [-0.4, -0.2) is 49.2 Å². The molecule has 0 spiro atoms. The Kier molecular flexibility index (Phi) is 5.64. The van der Waals surface area contributed by atoms with Gasteiger partial charge in [0.15, 0.2) is 5.82 Å². The molecule has 1 aliphatic carbocycles. The van der Waals surface area contributed by atoms with E-state index in [9.17, 15) is 8.42 Å². The molecule has 1 unspecified atom stereocenters. The zero-order valence-electron chi connectivity index (χ0n) is 17.3. The van der Waals surface area contributed by atoms with Gasteiger partial charge in [-0.05, 0) is 74.1 Å². The van der Waals surface area contributed by atoms with E-state index in [2.05, 4.69) is 10.1 Å². The molecule has 0 N–H and O–H groups in total. The SMILES string of the molecule is O=S(=O)(c1ccc2c(c1)CCC2)N1CCC(CCc2noc(C3CCOCC3)n2)C1. The summed E-state index contributed by atoms with van der Waals surface area (Å²) in [5.41, 5.74) is 2.50. The van der Waals surface area contributed by atoms with E-state index in [0.29, 0.717) is 29.8 Å². The van der Waals surface area contributed by atoms with Crippen molar-refractivity contribution in [3.05, 3.63) is 41.0 Å². The van der Waals surface area contributed by atoms with Gasteiger partial charge >= 0.3 is 0 Å². The van der Waals surface area contributed by atoms with Gasteiger partial charge in [0.25, 0.3) is 0 Å². The number of hydrogen-bond donors (Lipinski definition) is 0. The summed E-state index contributed by atoms with van der Waals surface area (Å²) in [4.78, 5) is 5.03. The summed E-state index contributed by atoms with van der Waals surface area (Å²) < 4.78 is 38.7. The van der Waals surface area contributed by atoms with E-state index in [-0.39, 0.29) is 0 Å². The van der Waals surface area contributed by atoms with Crippen molar-refractivity contribution in [1.82, 2.24) is 14.4 Å². The molecule has 2 saturated heterocycles. The summed E-state index contributed by atoms with van der Waals surface area (Å²) in [6, 6.07) is 5.67. The third-order valence-corrected chi connectivity index (χ3v) is 8.65. The summed E-state index contributed by atoms with van der Waals surface area (Å²) >= 11 is 0. The highest BCUT2D eigenvalue weighted by Crippen LogP contribution is 2.30. The van der Waals surface area contributed by atoms with Crippen LogP contribution in [0.25, 0.3) is 0 Å². The Labute approximate surface area is 177 Å². The van der Waals surface area contributed by atoms with Gasteiger partial charge in [-0.3, -0.25) is 0 Å². The number of nitrogens with zero attached hydrogens (tertiary/aromatic N) is 3. The molecule has 1 atom stereocenters. The number of hydrogen-bond acceptors (Lipinski definition) is 6. The third-order valence-electron chi connectivity index (χ3n) is 6.79. The van der Waals surface area contributed by atoms with Gasteiger partial charge < -0.3 is 9.26 Å². The molecule has 30 heavy (non-hydrogen) atoms. The number of aryl methyl sites for hydroxylation is 3. The Morgan fingerprint density at radius 3 is 2.80 bits per heavy atom. The summed E-state index contributed by atoms with van der Waals surface area (Å²) in [5, 5.41) is 4.14. The number of rotatable bonds is 6. The zero-order valence-corrected chi connectivity index (χ0v) is 18.1. The quantitative estimate of drug-likeness (QED) is 0.699. The van der Waals surface area contributed by atoms with Crippen molar-refractivity contribution in [1.29, 1.82) is 0 Å². The van der Waals surface area contributed by atoms with E-state index in [1.165, 1.54) is 11.1 Å². The van der Waals surface area contributed by atoms with Gasteiger partial charge in [-0.1, -0.05) is 11.2 Å². The van der Waals surface area contributed by atoms with Gasteiger partial charge in [0.05, 0.1) is 4.90 Å². The molecule has 0 saturated carbocycles. The van der Waals surface area contributed by atoms with E-state index in [4.69, 9.17) is 9.26 Å². The minimum Gasteiger partial charge on any atom is -0.381 e. The predicted octanol–water partition coefficient (Wildman–Crippen LogP) is 3.10. The Morgan fingerprint density at radius 1 is 1.10 bits per heavy atom. The molecule has 2 aliphatic heterocycles. The van der Waals surface area contributed by atoms with Crippen molar-refractivity contribution in [2.45, 2.75) is 62.2 Å². The molecule has 5 rings (SSSR count). The zero-order chi connectivity index (χ0) is 20.6. The van der Waals surface area contributed by atoms with Gasteiger partial charge in [0, 0.05) is 38.6 Å². The first-order valence-electron chi connectivity index (χ1n) is 11.1. The third kappa shape index (κ3) is 4.05. The lowest BCUT2D eigenvalue weighted by molar-refractivity contribution is 0.0778. The fourth-order valence-corrected chi connectivity index (χ4v) is 6.50. The molecular weight excluding hydrogens is 402 g/mol. The Balaban J connectivity index is 1.17. The second-order valence-corrected chi connectivity index (χ2v) is 10.7. The molecule has 1 aromatic carbocycles. The molecule has 1 aromatic heterocycles. The van der Waals surface area contributed by atoms with Crippen LogP contribution in [-0.2, 0) is 34.0 Å². The van der Waals surface area contributed by atoms with Gasteiger partial charge in [-0.15, -0.1) is 0 Å². The summed E-state index contributed by atoms with van der Waals surface area (Å²) in [5.74, 6) is 2.09. The Hall–Kier alpha value is -1.77. The van der Waals surface area contributed by atoms with E-state index in [1.54, 1.807) is 10.4 Å². The first kappa shape index (κ1) is 20.2. The van der Waals surface area contributed by atoms with Crippen LogP contribution < -0.4 is 0 Å². The summed E-state index contributed by atoms with van der Waals surface area (Å²) in [6.45, 7) is 2.66. The molecular formula is C22H29N3O4S. The van der Waals surface area contributed by atoms with Gasteiger partial charge in [-0.2, -0.15) is 9.29 Å². The van der Waals surface area contributed by atoms with Gasteiger partial charge in [0.2, 0.25) is 15.9 Å². The lowest BCUT2D eigenvalue weighted by Crippen LogP contribution is -2.29. The summed E-state index contributed by atoms with van der Waals surface area (Å²) in [6.07, 6.45) is 7.52. The van der Waals surface area contributed by atoms with Crippen molar-refractivity contribution in [2.75, 3.05) is 26.3 Å². The lowest BCUT2D eigenvalue weighted by atomic mass is 10.0. The molecule has 3 aliphatic rings. The van der Waals surface area contributed by atoms with Crippen LogP contribution in [0.5, 0.6) is 0 Å². The van der Waals surface area contributed by atoms with Crippen molar-refractivity contribution in [3.8, 4) is 0 Å². The highest BCUT2D eigenvalue weighted by atomic mass is 32.2. The second-order valence-electron chi connectivity index (χ2n) is 8.78. The number of benzene rings is 1. The fourth-order valence-electron chi connectivity index (χ4n) is 4.92. The van der Waals surface area contributed by atoms with Gasteiger partial charge in [0.1, 0.15) is 0 Å². The largest absolute Gasteiger partial charge is 0.381 e. The summed E-state index contributed by atoms with van der Waals surface area (Å²) in [7, 11) is -3.41. The van der Waals surface area contributed by atoms with Crippen molar-refractivity contribution in [2.24, 2.45) is 5.92 Å². The highest BCUT2D eigenvalue weighted by molar-refractivity contribution is 7.89. The average molecular weight is 432 g/mol. The van der Waals surface area contributed by atoms with Crippen LogP contribution >= 0.6 is 0 Å². The van der Waals surface area contributed by atoms with E-state index < -0.39 is 10.0 Å². The van der Waals surface area contributed by atoms with Crippen LogP contribution in [0.15, 0.2) is 27.6 Å². The number of fused-ring (bicyclic) bond motifs is 1. The highest BCUT2D eigenvalue weighted by Gasteiger charge is 2.33. The lowest BCUT2D eigenvalue weighted by Gasteiger charge is -2.18. The first-order chi connectivity index (χ1) is 14.6. The second kappa shape index (κ2) is 8.40. The monoisotopic (exact) mass is 431 g/mol. The molecule has 0 amide bonds. The normalized spacial score (nSPS) is 23.1. The predicted molar refractivity (Wildman–Crippen MR) is 111 cm³/mol. The van der Waals surface area contributed by atoms with Crippen LogP contribution in [0.2, 0.25) is 0 Å². The maximum Gasteiger partial charge on any atom is 0.243 e. The van der Waals surface area contributed by atoms with Crippen molar-refractivity contribution < 1.29 is 17.7 Å². The number of ether oxygens (including phenoxy) is 1. The smallest absolute Gasteiger partial charge is 0.243 e. The van der Waals surface area contributed by atoms with E-state index in [1.807, 2.05) is 12.1 Å². The van der Waals surface area contributed by atoms with Crippen LogP contribution in [0.1, 0.15) is 60.9 Å². The molecule has 8 heteroatoms. The minimum absolute atomic E-state index is 0.305. The fraction of sp³-hybridized carbons (Fsp3) is 0.636. The molecule has 7 nitrogen and oxygen atoms in total. The molecule has 2 aromatic rings. The molecule has 2 fully saturated rings. The van der Waals surface area contributed by atoms with Crippen LogP contribution in [0.4, 0.5) is 0 Å². The molecule has 162 valence electrons. The van der Waals surface area contributed by atoms with E-state index >= 15 is 0 Å². The van der Waals surface area contributed by atoms with E-state index in [0.717, 1.165) is 76.3 Å².